The fourth-order valence-electron chi connectivity index (χ4n) is 4.23. The largest absolute Gasteiger partial charge is 0.497 e. The van der Waals surface area contributed by atoms with Gasteiger partial charge in [0.25, 0.3) is 0 Å². The molecule has 1 N–H and O–H groups in total. The molecule has 1 aliphatic rings. The van der Waals surface area contributed by atoms with Crippen LogP contribution in [-0.4, -0.2) is 29.1 Å². The molecule has 0 saturated heterocycles. The first-order valence-corrected chi connectivity index (χ1v) is 10.4. The molecule has 0 unspecified atom stereocenters. The van der Waals surface area contributed by atoms with Crippen LogP contribution in [0.15, 0.2) is 18.2 Å². The number of benzene rings is 1. The van der Waals surface area contributed by atoms with E-state index in [1.807, 2.05) is 25.2 Å². The average Bonchev–Trinajstić information content (AvgIpc) is 3.01. The van der Waals surface area contributed by atoms with Crippen molar-refractivity contribution in [3.63, 3.8) is 0 Å². The van der Waals surface area contributed by atoms with Crippen LogP contribution in [0.3, 0.4) is 0 Å². The van der Waals surface area contributed by atoms with Gasteiger partial charge in [-0.1, -0.05) is 26.2 Å². The van der Waals surface area contributed by atoms with Crippen molar-refractivity contribution < 1.29 is 9.53 Å². The molecule has 27 heavy (non-hydrogen) atoms. The lowest BCUT2D eigenvalue weighted by Crippen LogP contribution is -2.34. The smallest absolute Gasteiger partial charge is 0.223 e. The number of unbranched alkanes of at least 4 members (excludes halogenated alkanes) is 1. The summed E-state index contributed by atoms with van der Waals surface area (Å²) in [6.07, 6.45) is 9.20. The summed E-state index contributed by atoms with van der Waals surface area (Å²) in [5, 5.41) is 3.14. The predicted molar refractivity (Wildman–Crippen MR) is 109 cm³/mol. The molecule has 1 fully saturated rings. The van der Waals surface area contributed by atoms with Gasteiger partial charge in [0.2, 0.25) is 5.91 Å². The van der Waals surface area contributed by atoms with E-state index in [4.69, 9.17) is 9.72 Å². The second kappa shape index (κ2) is 9.25. The topological polar surface area (TPSA) is 56.1 Å². The molecular weight excluding hydrogens is 338 g/mol. The third-order valence-electron chi connectivity index (χ3n) is 6.01. The van der Waals surface area contributed by atoms with E-state index in [2.05, 4.69) is 16.8 Å². The van der Waals surface area contributed by atoms with E-state index in [9.17, 15) is 4.79 Å². The summed E-state index contributed by atoms with van der Waals surface area (Å²) in [6, 6.07) is 5.93. The number of methoxy groups -OCH3 is 1. The van der Waals surface area contributed by atoms with E-state index in [1.54, 1.807) is 7.11 Å². The first-order chi connectivity index (χ1) is 13.1. The summed E-state index contributed by atoms with van der Waals surface area (Å²) in [5.74, 6) is 3.07. The Morgan fingerprint density at radius 3 is 2.78 bits per heavy atom. The quantitative estimate of drug-likeness (QED) is 0.755. The zero-order valence-electron chi connectivity index (χ0n) is 17.0. The lowest BCUT2D eigenvalue weighted by Gasteiger charge is -2.27. The Morgan fingerprint density at radius 2 is 2.07 bits per heavy atom. The fraction of sp³-hybridized carbons (Fsp3) is 0.636. The number of fused-ring (bicyclic) bond motifs is 1. The number of rotatable bonds is 8. The number of nitrogens with one attached hydrogen (secondary N) is 1. The molecule has 1 aromatic carbocycles. The highest BCUT2D eigenvalue weighted by Crippen LogP contribution is 2.32. The molecule has 2 aromatic rings. The molecule has 148 valence electrons. The van der Waals surface area contributed by atoms with Gasteiger partial charge in [-0.05, 0) is 43.7 Å². The molecule has 1 saturated carbocycles. The third-order valence-corrected chi connectivity index (χ3v) is 6.01. The van der Waals surface area contributed by atoms with Crippen LogP contribution in [0.25, 0.3) is 11.0 Å². The molecule has 0 atom stereocenters. The summed E-state index contributed by atoms with van der Waals surface area (Å²) in [6.45, 7) is 2.89. The number of hydrogen-bond acceptors (Lipinski definition) is 3. The van der Waals surface area contributed by atoms with Crippen LogP contribution in [0.4, 0.5) is 0 Å². The van der Waals surface area contributed by atoms with Crippen molar-refractivity contribution in [1.29, 1.82) is 0 Å². The molecule has 5 heteroatoms. The summed E-state index contributed by atoms with van der Waals surface area (Å²) >= 11 is 0. The van der Waals surface area contributed by atoms with Crippen LogP contribution in [-0.2, 0) is 18.3 Å². The minimum Gasteiger partial charge on any atom is -0.497 e. The van der Waals surface area contributed by atoms with E-state index < -0.39 is 0 Å². The molecule has 0 aliphatic heterocycles. The van der Waals surface area contributed by atoms with Crippen molar-refractivity contribution in [2.45, 2.75) is 58.3 Å². The molecule has 1 amide bonds. The number of carbonyl (C=O) groups excluding carboxylic acids is 1. The number of aromatic nitrogens is 2. The van der Waals surface area contributed by atoms with E-state index in [1.165, 1.54) is 32.1 Å². The van der Waals surface area contributed by atoms with Gasteiger partial charge in [-0.3, -0.25) is 4.79 Å². The van der Waals surface area contributed by atoms with Gasteiger partial charge in [0.1, 0.15) is 11.6 Å². The van der Waals surface area contributed by atoms with Gasteiger partial charge in [0.05, 0.1) is 18.1 Å². The second-order valence-corrected chi connectivity index (χ2v) is 7.84. The normalized spacial score (nSPS) is 20.0. The first-order valence-electron chi connectivity index (χ1n) is 10.4. The first kappa shape index (κ1) is 19.7. The summed E-state index contributed by atoms with van der Waals surface area (Å²) in [5.41, 5.74) is 2.02. The highest BCUT2D eigenvalue weighted by Gasteiger charge is 2.25. The zero-order valence-corrected chi connectivity index (χ0v) is 17.0. The van der Waals surface area contributed by atoms with E-state index in [-0.39, 0.29) is 11.8 Å². The van der Waals surface area contributed by atoms with E-state index in [0.717, 1.165) is 47.8 Å². The minimum atomic E-state index is 0.201. The molecule has 3 rings (SSSR count). The van der Waals surface area contributed by atoms with Crippen molar-refractivity contribution in [2.75, 3.05) is 13.7 Å². The van der Waals surface area contributed by atoms with Crippen molar-refractivity contribution in [3.05, 3.63) is 24.0 Å². The van der Waals surface area contributed by atoms with Gasteiger partial charge in [0, 0.05) is 32.0 Å². The zero-order chi connectivity index (χ0) is 19.2. The van der Waals surface area contributed by atoms with Gasteiger partial charge < -0.3 is 14.6 Å². The number of nitrogens with zero attached hydrogens (tertiary/aromatic N) is 2. The monoisotopic (exact) mass is 371 g/mol. The highest BCUT2D eigenvalue weighted by atomic mass is 16.5. The standard InChI is InChI=1S/C22H33N3O2/c1-4-5-6-16-7-9-17(10-8-16)22(26)23-14-13-21-24-19-15-18(27-3)11-12-20(19)25(21)2/h11-12,15-17H,4-10,13-14H2,1-3H3,(H,23,26). The molecule has 1 aliphatic carbocycles. The van der Waals surface area contributed by atoms with Crippen molar-refractivity contribution >= 4 is 16.9 Å². The van der Waals surface area contributed by atoms with Gasteiger partial charge in [-0.25, -0.2) is 4.98 Å². The van der Waals surface area contributed by atoms with Crippen LogP contribution >= 0.6 is 0 Å². The fourth-order valence-corrected chi connectivity index (χ4v) is 4.23. The van der Waals surface area contributed by atoms with Gasteiger partial charge in [-0.15, -0.1) is 0 Å². The van der Waals surface area contributed by atoms with Crippen LogP contribution in [0.1, 0.15) is 57.7 Å². The number of hydrogen-bond donors (Lipinski definition) is 1. The van der Waals surface area contributed by atoms with E-state index in [0.29, 0.717) is 6.54 Å². The Hall–Kier alpha value is -2.04. The van der Waals surface area contributed by atoms with Gasteiger partial charge >= 0.3 is 0 Å². The Balaban J connectivity index is 1.48. The average molecular weight is 372 g/mol. The van der Waals surface area contributed by atoms with Crippen molar-refractivity contribution in [3.8, 4) is 5.75 Å². The number of amides is 1. The van der Waals surface area contributed by atoms with Gasteiger partial charge in [-0.2, -0.15) is 0 Å². The molecule has 1 heterocycles. The predicted octanol–water partition coefficient (Wildman–Crippen LogP) is 4.24. The van der Waals surface area contributed by atoms with Gasteiger partial charge in [0.15, 0.2) is 0 Å². The number of aryl methyl sites for hydroxylation is 1. The number of ether oxygens (including phenoxy) is 1. The number of carbonyl (C=O) groups is 1. The van der Waals surface area contributed by atoms with Crippen molar-refractivity contribution in [1.82, 2.24) is 14.9 Å². The summed E-state index contributed by atoms with van der Waals surface area (Å²) in [4.78, 5) is 17.2. The third kappa shape index (κ3) is 4.82. The SMILES string of the molecule is CCCCC1CCC(C(=O)NCCc2nc3cc(OC)ccc3n2C)CC1. The Kier molecular flexibility index (Phi) is 6.75. The Labute approximate surface area is 162 Å². The van der Waals surface area contributed by atoms with Crippen LogP contribution in [0.5, 0.6) is 5.75 Å². The minimum absolute atomic E-state index is 0.201. The highest BCUT2D eigenvalue weighted by molar-refractivity contribution is 5.79. The maximum absolute atomic E-state index is 12.5. The van der Waals surface area contributed by atoms with Crippen LogP contribution in [0, 0.1) is 11.8 Å². The summed E-state index contributed by atoms with van der Waals surface area (Å²) < 4.78 is 7.37. The van der Waals surface area contributed by atoms with E-state index >= 15 is 0 Å². The molecule has 0 spiro atoms. The Morgan fingerprint density at radius 1 is 1.30 bits per heavy atom. The Bertz CT molecular complexity index is 760. The molecule has 1 aromatic heterocycles. The van der Waals surface area contributed by atoms with Crippen LogP contribution in [0.2, 0.25) is 0 Å². The second-order valence-electron chi connectivity index (χ2n) is 7.84. The maximum Gasteiger partial charge on any atom is 0.223 e. The maximum atomic E-state index is 12.5. The molecule has 0 radical (unpaired) electrons. The summed E-state index contributed by atoms with van der Waals surface area (Å²) in [7, 11) is 3.69. The molecule has 5 nitrogen and oxygen atoms in total. The van der Waals surface area contributed by atoms with Crippen LogP contribution < -0.4 is 10.1 Å². The lowest BCUT2D eigenvalue weighted by molar-refractivity contribution is -0.126. The lowest BCUT2D eigenvalue weighted by atomic mass is 9.79. The number of imidazole rings is 1. The van der Waals surface area contributed by atoms with Crippen molar-refractivity contribution in [2.24, 2.45) is 18.9 Å². The molecular formula is C22H33N3O2. The molecule has 0 bridgehead atoms.